The summed E-state index contributed by atoms with van der Waals surface area (Å²) in [6.07, 6.45) is -0.0909. The largest absolute Gasteiger partial charge is 0.461 e. The van der Waals surface area contributed by atoms with Crippen molar-refractivity contribution < 1.29 is 32.2 Å². The van der Waals surface area contributed by atoms with Crippen LogP contribution in [0, 0.1) is 17.7 Å². The van der Waals surface area contributed by atoms with Crippen molar-refractivity contribution in [1.29, 1.82) is 0 Å². The number of carbonyl (C=O) groups excluding carboxylic acids is 1. The molecule has 4 saturated carbocycles. The summed E-state index contributed by atoms with van der Waals surface area (Å²) < 4.78 is 67.0. The molecule has 0 amide bonds. The molecule has 42 heavy (non-hydrogen) atoms. The monoisotopic (exact) mass is 604 g/mol. The lowest BCUT2D eigenvalue weighted by Gasteiger charge is -2.18. The fourth-order valence-electron chi connectivity index (χ4n) is 7.25. The predicted octanol–water partition coefficient (Wildman–Crippen LogP) is 5.81. The summed E-state index contributed by atoms with van der Waals surface area (Å²) in [4.78, 5) is 17.6. The van der Waals surface area contributed by atoms with E-state index in [0.717, 1.165) is 56.2 Å². The molecule has 1 saturated heterocycles. The Labute approximate surface area is 243 Å². The SMILES string of the molecule is Nc1cc(Cl)c(C(F)(F)F)c(-c2nc(C3CC3)c3c([C@@H]4[C@H]5CN[C@H](C(=O)OC6CC6)[C@H]54)c(CO)n(C4CC4)c3c2F)c1. The number of alkyl halides is 3. The van der Waals surface area contributed by atoms with E-state index in [1.54, 1.807) is 4.57 Å². The molecule has 8 rings (SSSR count). The van der Waals surface area contributed by atoms with E-state index in [2.05, 4.69) is 10.3 Å². The average molecular weight is 605 g/mol. The van der Waals surface area contributed by atoms with E-state index in [1.165, 1.54) is 0 Å². The third kappa shape index (κ3) is 4.06. The number of aliphatic hydroxyl groups is 1. The van der Waals surface area contributed by atoms with Gasteiger partial charge in [-0.05, 0) is 80.5 Å². The van der Waals surface area contributed by atoms with Crippen molar-refractivity contribution in [2.75, 3.05) is 12.3 Å². The number of fused-ring (bicyclic) bond motifs is 2. The summed E-state index contributed by atoms with van der Waals surface area (Å²) in [7, 11) is 0. The van der Waals surface area contributed by atoms with Crippen molar-refractivity contribution in [2.45, 2.75) is 81.3 Å². The van der Waals surface area contributed by atoms with Crippen LogP contribution in [0.15, 0.2) is 12.1 Å². The lowest BCUT2D eigenvalue weighted by molar-refractivity contribution is -0.147. The summed E-state index contributed by atoms with van der Waals surface area (Å²) in [5.41, 5.74) is 5.79. The summed E-state index contributed by atoms with van der Waals surface area (Å²) in [5.74, 6) is -1.31. The fourth-order valence-corrected chi connectivity index (χ4v) is 7.58. The number of carbonyl (C=O) groups is 1. The number of hydrogen-bond donors (Lipinski definition) is 3. The summed E-state index contributed by atoms with van der Waals surface area (Å²) >= 11 is 6.04. The van der Waals surface area contributed by atoms with Gasteiger partial charge in [-0.15, -0.1) is 0 Å². The van der Waals surface area contributed by atoms with E-state index < -0.39 is 39.9 Å². The molecule has 4 N–H and O–H groups in total. The molecule has 5 aliphatic rings. The maximum absolute atomic E-state index is 16.9. The van der Waals surface area contributed by atoms with Gasteiger partial charge in [-0.3, -0.25) is 4.79 Å². The van der Waals surface area contributed by atoms with Crippen LogP contribution in [-0.2, 0) is 22.3 Å². The number of hydrogen-bond acceptors (Lipinski definition) is 6. The van der Waals surface area contributed by atoms with Gasteiger partial charge in [0.25, 0.3) is 0 Å². The number of nitrogens with two attached hydrogens (primary N) is 1. The van der Waals surface area contributed by atoms with E-state index >= 15 is 4.39 Å². The number of anilines is 1. The Morgan fingerprint density at radius 2 is 1.93 bits per heavy atom. The minimum atomic E-state index is -4.87. The maximum Gasteiger partial charge on any atom is 0.418 e. The highest BCUT2D eigenvalue weighted by Crippen LogP contribution is 2.63. The molecule has 1 aromatic carbocycles. The number of benzene rings is 1. The first-order chi connectivity index (χ1) is 20.1. The Bertz CT molecular complexity index is 1660. The lowest BCUT2D eigenvalue weighted by atomic mass is 9.96. The molecule has 0 bridgehead atoms. The molecule has 3 heterocycles. The number of nitrogens with zero attached hydrogens (tertiary/aromatic N) is 2. The number of rotatable bonds is 7. The zero-order chi connectivity index (χ0) is 29.2. The normalized spacial score (nSPS) is 27.0. The Morgan fingerprint density at radius 1 is 1.19 bits per heavy atom. The summed E-state index contributed by atoms with van der Waals surface area (Å²) in [6.45, 7) is 0.224. The molecule has 0 unspecified atom stereocenters. The first-order valence-electron chi connectivity index (χ1n) is 14.6. The van der Waals surface area contributed by atoms with Gasteiger partial charge in [0.2, 0.25) is 0 Å². The number of ether oxygens (including phenoxy) is 1. The molecule has 3 aromatic rings. The van der Waals surface area contributed by atoms with Crippen LogP contribution in [-0.4, -0.2) is 39.3 Å². The van der Waals surface area contributed by atoms with Crippen molar-refractivity contribution in [1.82, 2.24) is 14.9 Å². The molecule has 7 nitrogen and oxygen atoms in total. The predicted molar refractivity (Wildman–Crippen MR) is 146 cm³/mol. The van der Waals surface area contributed by atoms with Crippen LogP contribution in [0.4, 0.5) is 23.2 Å². The Balaban J connectivity index is 1.35. The highest BCUT2D eigenvalue weighted by molar-refractivity contribution is 6.32. The third-order valence-electron chi connectivity index (χ3n) is 9.51. The van der Waals surface area contributed by atoms with Crippen molar-refractivity contribution in [2.24, 2.45) is 11.8 Å². The van der Waals surface area contributed by atoms with Crippen molar-refractivity contribution in [3.05, 3.63) is 45.5 Å². The molecule has 0 radical (unpaired) electrons. The van der Waals surface area contributed by atoms with Crippen LogP contribution >= 0.6 is 11.6 Å². The molecular formula is C30H29ClF4N4O3. The van der Waals surface area contributed by atoms with Gasteiger partial charge >= 0.3 is 12.1 Å². The molecular weight excluding hydrogens is 576 g/mol. The molecule has 12 heteroatoms. The first-order valence-corrected chi connectivity index (χ1v) is 14.9. The number of nitrogens with one attached hydrogen (secondary N) is 1. The zero-order valence-electron chi connectivity index (χ0n) is 22.5. The van der Waals surface area contributed by atoms with Gasteiger partial charge in [0.1, 0.15) is 17.8 Å². The zero-order valence-corrected chi connectivity index (χ0v) is 23.2. The lowest BCUT2D eigenvalue weighted by Crippen LogP contribution is -2.37. The van der Waals surface area contributed by atoms with Crippen LogP contribution in [0.2, 0.25) is 5.02 Å². The van der Waals surface area contributed by atoms with Gasteiger partial charge < -0.3 is 25.5 Å². The molecule has 1 aliphatic heterocycles. The smallest absolute Gasteiger partial charge is 0.418 e. The van der Waals surface area contributed by atoms with Crippen LogP contribution in [0.25, 0.3) is 22.2 Å². The fraction of sp³-hybridized carbons (Fsp3) is 0.533. The highest BCUT2D eigenvalue weighted by atomic mass is 35.5. The number of nitrogen functional groups attached to an aromatic ring is 1. The summed E-state index contributed by atoms with van der Waals surface area (Å²) in [5, 5.41) is 13.9. The number of aliphatic hydroxyl groups excluding tert-OH is 1. The molecule has 4 aliphatic carbocycles. The number of esters is 1. The van der Waals surface area contributed by atoms with E-state index in [-0.39, 0.29) is 59.6 Å². The van der Waals surface area contributed by atoms with Crippen molar-refractivity contribution in [3.63, 3.8) is 0 Å². The molecule has 0 spiro atoms. The van der Waals surface area contributed by atoms with Gasteiger partial charge in [-0.1, -0.05) is 11.6 Å². The van der Waals surface area contributed by atoms with Gasteiger partial charge in [-0.25, -0.2) is 9.37 Å². The number of pyridine rings is 1. The van der Waals surface area contributed by atoms with Gasteiger partial charge in [0.15, 0.2) is 5.82 Å². The maximum atomic E-state index is 16.9. The van der Waals surface area contributed by atoms with E-state index in [1.807, 2.05) is 0 Å². The van der Waals surface area contributed by atoms with E-state index in [9.17, 15) is 23.1 Å². The van der Waals surface area contributed by atoms with Crippen LogP contribution in [0.1, 0.15) is 78.9 Å². The average Bonchev–Trinajstić information content (AvgIpc) is 3.74. The minimum Gasteiger partial charge on any atom is -0.461 e. The molecule has 2 aromatic heterocycles. The topological polar surface area (TPSA) is 102 Å². The van der Waals surface area contributed by atoms with Gasteiger partial charge in [0.05, 0.1) is 28.4 Å². The van der Waals surface area contributed by atoms with E-state index in [0.29, 0.717) is 23.3 Å². The number of halogens is 5. The summed E-state index contributed by atoms with van der Waals surface area (Å²) in [6, 6.07) is 1.51. The second-order valence-corrected chi connectivity index (χ2v) is 12.9. The van der Waals surface area contributed by atoms with Crippen molar-refractivity contribution >= 4 is 34.2 Å². The van der Waals surface area contributed by atoms with E-state index in [4.69, 9.17) is 22.1 Å². The highest BCUT2D eigenvalue weighted by Gasteiger charge is 2.63. The standard InChI is InChI=1S/C30H29ClF4N4O3/c31-17-8-12(36)7-15(23(17)30(33,34)35)26-24(32)28-22(25(38-26)11-1-2-11)21(18(10-40)39(28)13-3-4-13)19-16-9-37-27(20(16)19)29(41)42-14-5-6-14/h7-8,11,13-14,16,19-20,27,37,40H,1-6,9-10,36H2/t16-,19-,20-,27+/m1/s1. The van der Waals surface area contributed by atoms with Crippen LogP contribution in [0.3, 0.4) is 0 Å². The minimum absolute atomic E-state index is 0.0272. The van der Waals surface area contributed by atoms with Crippen molar-refractivity contribution in [3.8, 4) is 11.3 Å². The first kappa shape index (κ1) is 26.7. The molecule has 5 fully saturated rings. The quantitative estimate of drug-likeness (QED) is 0.179. The third-order valence-corrected chi connectivity index (χ3v) is 9.81. The Hall–Kier alpha value is -2.89. The second kappa shape index (κ2) is 9.06. The Kier molecular flexibility index (Phi) is 5.76. The van der Waals surface area contributed by atoms with Crippen LogP contribution in [0.5, 0.6) is 0 Å². The van der Waals surface area contributed by atoms with Gasteiger partial charge in [0, 0.05) is 34.3 Å². The molecule has 222 valence electrons. The van der Waals surface area contributed by atoms with Gasteiger partial charge in [-0.2, -0.15) is 13.2 Å². The Morgan fingerprint density at radius 3 is 2.55 bits per heavy atom. The van der Waals surface area contributed by atoms with Crippen LogP contribution < -0.4 is 11.1 Å². The number of aromatic nitrogens is 2. The molecule has 4 atom stereocenters. The second-order valence-electron chi connectivity index (χ2n) is 12.5. The number of piperidine rings is 1.